The Bertz CT molecular complexity index is 447. The van der Waals surface area contributed by atoms with Crippen LogP contribution in [0, 0.1) is 9.49 Å². The number of halogens is 2. The molecule has 0 bridgehead atoms. The average molecular weight is 438 g/mol. The normalized spacial score (nSPS) is 16.3. The number of nitrogens with one attached hydrogen (secondary N) is 1. The molecule has 3 nitrogen and oxygen atoms in total. The molecule has 0 saturated heterocycles. The number of carbonyl (C=O) groups is 1. The third-order valence-electron chi connectivity index (χ3n) is 3.40. The molecular weight excluding hydrogens is 421 g/mol. The van der Waals surface area contributed by atoms with Crippen molar-refractivity contribution in [2.45, 2.75) is 32.1 Å². The van der Waals surface area contributed by atoms with E-state index in [2.05, 4.69) is 44.0 Å². The van der Waals surface area contributed by atoms with Gasteiger partial charge in [-0.25, -0.2) is 5.48 Å². The van der Waals surface area contributed by atoms with E-state index in [-0.39, 0.29) is 5.91 Å². The van der Waals surface area contributed by atoms with Crippen LogP contribution in [0.25, 0.3) is 0 Å². The molecule has 0 aliphatic heterocycles. The fraction of sp³-hybridized carbons (Fsp3) is 0.500. The van der Waals surface area contributed by atoms with Gasteiger partial charge in [0.05, 0.1) is 12.2 Å². The second kappa shape index (κ2) is 7.59. The van der Waals surface area contributed by atoms with Crippen molar-refractivity contribution < 1.29 is 9.63 Å². The molecule has 0 spiro atoms. The molecule has 0 atom stereocenters. The number of hydrogen-bond donors (Lipinski definition) is 1. The first-order valence-electron chi connectivity index (χ1n) is 6.54. The Morgan fingerprint density at radius 3 is 2.84 bits per heavy atom. The largest absolute Gasteiger partial charge is 0.276 e. The smallest absolute Gasteiger partial charge is 0.273 e. The molecular formula is C14H17BrINO2. The summed E-state index contributed by atoms with van der Waals surface area (Å²) in [7, 11) is 0. The van der Waals surface area contributed by atoms with Crippen molar-refractivity contribution >= 4 is 44.4 Å². The van der Waals surface area contributed by atoms with Crippen LogP contribution in [0.3, 0.4) is 0 Å². The molecule has 1 aliphatic carbocycles. The molecule has 1 aliphatic rings. The topological polar surface area (TPSA) is 38.3 Å². The van der Waals surface area contributed by atoms with Gasteiger partial charge in [0.25, 0.3) is 5.91 Å². The maximum absolute atomic E-state index is 12.0. The lowest BCUT2D eigenvalue weighted by atomic mass is 9.90. The highest BCUT2D eigenvalue weighted by molar-refractivity contribution is 14.1. The van der Waals surface area contributed by atoms with Crippen molar-refractivity contribution in [2.75, 3.05) is 6.61 Å². The molecule has 0 aromatic heterocycles. The van der Waals surface area contributed by atoms with Gasteiger partial charge in [-0.1, -0.05) is 25.3 Å². The number of hydrogen-bond acceptors (Lipinski definition) is 2. The summed E-state index contributed by atoms with van der Waals surface area (Å²) < 4.78 is 1.83. The molecule has 0 heterocycles. The monoisotopic (exact) mass is 437 g/mol. The van der Waals surface area contributed by atoms with Crippen molar-refractivity contribution in [3.05, 3.63) is 31.8 Å². The van der Waals surface area contributed by atoms with E-state index in [1.165, 1.54) is 32.1 Å². The molecule has 0 unspecified atom stereocenters. The minimum atomic E-state index is -0.193. The molecule has 2 rings (SSSR count). The van der Waals surface area contributed by atoms with Crippen LogP contribution in [-0.2, 0) is 4.84 Å². The number of amides is 1. The first-order chi connectivity index (χ1) is 9.18. The molecule has 104 valence electrons. The maximum Gasteiger partial charge on any atom is 0.276 e. The van der Waals surface area contributed by atoms with Gasteiger partial charge in [0.15, 0.2) is 0 Å². The van der Waals surface area contributed by atoms with Crippen molar-refractivity contribution in [1.29, 1.82) is 0 Å². The maximum atomic E-state index is 12.0. The standard InChI is InChI=1S/C14H17BrINO2/c15-13-11(7-4-8-12(13)16)14(18)17-19-9-10-5-2-1-3-6-10/h4,7-8,10H,1-3,5-6,9H2,(H,17,18). The van der Waals surface area contributed by atoms with Gasteiger partial charge in [-0.3, -0.25) is 9.63 Å². The van der Waals surface area contributed by atoms with E-state index in [9.17, 15) is 4.79 Å². The minimum Gasteiger partial charge on any atom is -0.273 e. The second-order valence-electron chi connectivity index (χ2n) is 4.85. The molecule has 1 aromatic carbocycles. The fourth-order valence-electron chi connectivity index (χ4n) is 2.31. The Kier molecular flexibility index (Phi) is 6.09. The predicted molar refractivity (Wildman–Crippen MR) is 86.9 cm³/mol. The summed E-state index contributed by atoms with van der Waals surface area (Å²) >= 11 is 5.61. The lowest BCUT2D eigenvalue weighted by Crippen LogP contribution is -2.27. The fourth-order valence-corrected chi connectivity index (χ4v) is 3.26. The van der Waals surface area contributed by atoms with E-state index in [0.29, 0.717) is 18.1 Å². The van der Waals surface area contributed by atoms with E-state index < -0.39 is 0 Å². The van der Waals surface area contributed by atoms with Crippen molar-refractivity contribution in [3.63, 3.8) is 0 Å². The van der Waals surface area contributed by atoms with E-state index in [0.717, 1.165) is 8.04 Å². The quantitative estimate of drug-likeness (QED) is 0.563. The summed E-state index contributed by atoms with van der Waals surface area (Å²) in [6.07, 6.45) is 6.32. The Labute approximate surface area is 135 Å². The average Bonchev–Trinajstić information content (AvgIpc) is 2.43. The molecule has 1 amide bonds. The number of hydroxylamine groups is 1. The SMILES string of the molecule is O=C(NOCC1CCCCC1)c1cccc(I)c1Br. The van der Waals surface area contributed by atoms with E-state index in [1.807, 2.05) is 12.1 Å². The number of rotatable bonds is 4. The molecule has 19 heavy (non-hydrogen) atoms. The lowest BCUT2D eigenvalue weighted by molar-refractivity contribution is 0.0106. The van der Waals surface area contributed by atoms with Crippen molar-refractivity contribution in [2.24, 2.45) is 5.92 Å². The highest BCUT2D eigenvalue weighted by Gasteiger charge is 2.15. The van der Waals surface area contributed by atoms with E-state index in [1.54, 1.807) is 6.07 Å². The molecule has 1 fully saturated rings. The Morgan fingerprint density at radius 2 is 2.11 bits per heavy atom. The zero-order valence-electron chi connectivity index (χ0n) is 10.6. The zero-order chi connectivity index (χ0) is 13.7. The summed E-state index contributed by atoms with van der Waals surface area (Å²) in [5, 5.41) is 0. The van der Waals surface area contributed by atoms with Crippen molar-refractivity contribution in [1.82, 2.24) is 5.48 Å². The third kappa shape index (κ3) is 4.43. The zero-order valence-corrected chi connectivity index (χ0v) is 14.4. The number of carbonyl (C=O) groups excluding carboxylic acids is 1. The van der Waals surface area contributed by atoms with Crippen LogP contribution in [0.4, 0.5) is 0 Å². The van der Waals surface area contributed by atoms with Gasteiger partial charge >= 0.3 is 0 Å². The first kappa shape index (κ1) is 15.3. The lowest BCUT2D eigenvalue weighted by Gasteiger charge is -2.21. The summed E-state index contributed by atoms with van der Waals surface area (Å²) in [6, 6.07) is 5.60. The Hall–Kier alpha value is -0.140. The van der Waals surface area contributed by atoms with E-state index >= 15 is 0 Å². The molecule has 1 saturated carbocycles. The van der Waals surface area contributed by atoms with Crippen LogP contribution in [0.5, 0.6) is 0 Å². The minimum absolute atomic E-state index is 0.193. The highest BCUT2D eigenvalue weighted by Crippen LogP contribution is 2.24. The van der Waals surface area contributed by atoms with Gasteiger partial charge in [0.2, 0.25) is 0 Å². The summed E-state index contributed by atoms with van der Waals surface area (Å²) in [5.41, 5.74) is 3.15. The van der Waals surface area contributed by atoms with Crippen molar-refractivity contribution in [3.8, 4) is 0 Å². The Balaban J connectivity index is 1.82. The van der Waals surface area contributed by atoms with Gasteiger partial charge in [-0.05, 0) is 69.4 Å². The summed E-state index contributed by atoms with van der Waals surface area (Å²) in [6.45, 7) is 0.618. The van der Waals surface area contributed by atoms with Gasteiger partial charge in [0.1, 0.15) is 0 Å². The van der Waals surface area contributed by atoms with Gasteiger partial charge < -0.3 is 0 Å². The van der Waals surface area contributed by atoms with Gasteiger partial charge in [0, 0.05) is 8.04 Å². The van der Waals surface area contributed by atoms with Crippen LogP contribution < -0.4 is 5.48 Å². The molecule has 5 heteroatoms. The van der Waals surface area contributed by atoms with Gasteiger partial charge in [-0.15, -0.1) is 0 Å². The second-order valence-corrected chi connectivity index (χ2v) is 6.80. The predicted octanol–water partition coefficient (Wildman–Crippen LogP) is 4.30. The van der Waals surface area contributed by atoms with Crippen LogP contribution in [0.15, 0.2) is 22.7 Å². The molecule has 1 N–H and O–H groups in total. The van der Waals surface area contributed by atoms with Crippen LogP contribution in [0.2, 0.25) is 0 Å². The van der Waals surface area contributed by atoms with E-state index in [4.69, 9.17) is 4.84 Å². The molecule has 0 radical (unpaired) electrons. The van der Waals surface area contributed by atoms with Gasteiger partial charge in [-0.2, -0.15) is 0 Å². The Morgan fingerprint density at radius 1 is 1.37 bits per heavy atom. The van der Waals surface area contributed by atoms with Crippen LogP contribution in [-0.4, -0.2) is 12.5 Å². The van der Waals surface area contributed by atoms with Crippen LogP contribution >= 0.6 is 38.5 Å². The summed E-state index contributed by atoms with van der Waals surface area (Å²) in [4.78, 5) is 17.4. The third-order valence-corrected chi connectivity index (χ3v) is 5.90. The highest BCUT2D eigenvalue weighted by atomic mass is 127. The number of benzene rings is 1. The molecule has 1 aromatic rings. The first-order valence-corrected chi connectivity index (χ1v) is 8.42. The summed E-state index contributed by atoms with van der Waals surface area (Å²) in [5.74, 6) is 0.398. The van der Waals surface area contributed by atoms with Crippen LogP contribution in [0.1, 0.15) is 42.5 Å².